The van der Waals surface area contributed by atoms with Crippen LogP contribution in [0.4, 0.5) is 13.2 Å². The van der Waals surface area contributed by atoms with Crippen LogP contribution in [0.15, 0.2) is 23.0 Å². The first-order chi connectivity index (χ1) is 12.1. The van der Waals surface area contributed by atoms with Gasteiger partial charge in [0.2, 0.25) is 0 Å². The molecule has 138 valence electrons. The van der Waals surface area contributed by atoms with Crippen LogP contribution in [0.3, 0.4) is 0 Å². The minimum absolute atomic E-state index is 0.0805. The van der Waals surface area contributed by atoms with Crippen molar-refractivity contribution in [2.75, 3.05) is 0 Å². The molecule has 0 bridgehead atoms. The molecule has 0 fully saturated rings. The van der Waals surface area contributed by atoms with E-state index in [0.717, 1.165) is 12.1 Å². The predicted octanol–water partition coefficient (Wildman–Crippen LogP) is 3.20. The molecule has 1 atom stereocenters. The maximum absolute atomic E-state index is 12.8. The largest absolute Gasteiger partial charge is 0.416 e. The fourth-order valence-corrected chi connectivity index (χ4v) is 3.12. The average Bonchev–Trinajstić information content (AvgIpc) is 2.92. The van der Waals surface area contributed by atoms with Gasteiger partial charge in [-0.1, -0.05) is 17.7 Å². The number of aryl methyl sites for hydroxylation is 1. The van der Waals surface area contributed by atoms with Crippen LogP contribution >= 0.6 is 11.6 Å². The Kier molecular flexibility index (Phi) is 4.53. The van der Waals surface area contributed by atoms with Gasteiger partial charge in [0.05, 0.1) is 18.2 Å². The van der Waals surface area contributed by atoms with E-state index in [1.165, 1.54) is 10.7 Å². The lowest BCUT2D eigenvalue weighted by Crippen LogP contribution is -2.14. The zero-order valence-corrected chi connectivity index (χ0v) is 14.5. The van der Waals surface area contributed by atoms with Gasteiger partial charge in [0.25, 0.3) is 5.56 Å². The van der Waals surface area contributed by atoms with E-state index in [-0.39, 0.29) is 21.7 Å². The summed E-state index contributed by atoms with van der Waals surface area (Å²) < 4.78 is 39.8. The molecule has 0 amide bonds. The lowest BCUT2D eigenvalue weighted by molar-refractivity contribution is -0.137. The van der Waals surface area contributed by atoms with Crippen molar-refractivity contribution in [3.05, 3.63) is 56.2 Å². The molecule has 6 nitrogen and oxygen atoms in total. The second-order valence-electron chi connectivity index (χ2n) is 5.81. The summed E-state index contributed by atoms with van der Waals surface area (Å²) in [5.74, 6) is 0.346. The van der Waals surface area contributed by atoms with Gasteiger partial charge in [-0.05, 0) is 31.5 Å². The second-order valence-corrected chi connectivity index (χ2v) is 6.22. The zero-order chi connectivity index (χ0) is 19.2. The number of rotatable bonds is 3. The zero-order valence-electron chi connectivity index (χ0n) is 13.7. The van der Waals surface area contributed by atoms with Crippen molar-refractivity contribution in [2.24, 2.45) is 0 Å². The van der Waals surface area contributed by atoms with Gasteiger partial charge in [0.15, 0.2) is 5.65 Å². The lowest BCUT2D eigenvalue weighted by atomic mass is 10.1. The third-order valence-corrected chi connectivity index (χ3v) is 4.37. The Morgan fingerprint density at radius 3 is 2.65 bits per heavy atom. The number of nitrogens with one attached hydrogen (secondary N) is 1. The number of benzene rings is 1. The molecule has 10 heteroatoms. The van der Waals surface area contributed by atoms with Gasteiger partial charge in [-0.2, -0.15) is 18.3 Å². The number of hydrogen-bond acceptors (Lipinski definition) is 4. The van der Waals surface area contributed by atoms with Gasteiger partial charge in [0, 0.05) is 5.02 Å². The molecule has 2 N–H and O–H groups in total. The average molecular weight is 387 g/mol. The normalized spacial score (nSPS) is 13.3. The number of nitrogens with zero attached hydrogens (tertiary/aromatic N) is 3. The first-order valence-corrected chi connectivity index (χ1v) is 7.96. The fraction of sp³-hybridized carbons (Fsp3) is 0.312. The summed E-state index contributed by atoms with van der Waals surface area (Å²) in [7, 11) is 0. The minimum Gasteiger partial charge on any atom is -0.390 e. The standard InChI is InChI=1S/C16H14ClF3N4O2/c1-7(10-4-3-9(5-11(10)17)16(18,19)20)24-14-13(12(6-25)23-24)15(26)22-8(2)21-14/h3-5,7,25H,6H2,1-2H3,(H,21,22,26)/t7-/m1/s1. The highest BCUT2D eigenvalue weighted by molar-refractivity contribution is 6.31. The number of hydrogen-bond donors (Lipinski definition) is 2. The Hall–Kier alpha value is -2.39. The molecule has 0 spiro atoms. The van der Waals surface area contributed by atoms with Gasteiger partial charge in [-0.25, -0.2) is 9.67 Å². The van der Waals surface area contributed by atoms with Crippen LogP contribution in [0.5, 0.6) is 0 Å². The summed E-state index contributed by atoms with van der Waals surface area (Å²) in [5.41, 5.74) is -0.575. The van der Waals surface area contributed by atoms with Crippen LogP contribution in [0.1, 0.15) is 35.6 Å². The maximum Gasteiger partial charge on any atom is 0.416 e. The Bertz CT molecular complexity index is 1040. The van der Waals surface area contributed by atoms with E-state index in [9.17, 15) is 23.1 Å². The van der Waals surface area contributed by atoms with Crippen molar-refractivity contribution < 1.29 is 18.3 Å². The van der Waals surface area contributed by atoms with Crippen LogP contribution in [-0.2, 0) is 12.8 Å². The van der Waals surface area contributed by atoms with E-state index in [1.807, 2.05) is 0 Å². The molecule has 0 saturated carbocycles. The molecule has 0 aliphatic carbocycles. The summed E-state index contributed by atoms with van der Waals surface area (Å²) in [6.45, 7) is 2.78. The number of alkyl halides is 3. The molecule has 2 aromatic heterocycles. The monoisotopic (exact) mass is 386 g/mol. The van der Waals surface area contributed by atoms with Crippen molar-refractivity contribution in [2.45, 2.75) is 32.7 Å². The minimum atomic E-state index is -4.50. The molecule has 1 aromatic carbocycles. The third-order valence-electron chi connectivity index (χ3n) is 4.05. The molecule has 2 heterocycles. The highest BCUT2D eigenvalue weighted by atomic mass is 35.5. The first kappa shape index (κ1) is 18.4. The highest BCUT2D eigenvalue weighted by Crippen LogP contribution is 2.35. The molecule has 26 heavy (non-hydrogen) atoms. The van der Waals surface area contributed by atoms with Gasteiger partial charge in [-0.3, -0.25) is 4.79 Å². The summed E-state index contributed by atoms with van der Waals surface area (Å²) in [6.07, 6.45) is -4.50. The van der Waals surface area contributed by atoms with Crippen LogP contribution in [0.2, 0.25) is 5.02 Å². The Morgan fingerprint density at radius 1 is 1.38 bits per heavy atom. The fourth-order valence-electron chi connectivity index (χ4n) is 2.78. The predicted molar refractivity (Wildman–Crippen MR) is 89.1 cm³/mol. The molecule has 0 aliphatic heterocycles. The smallest absolute Gasteiger partial charge is 0.390 e. The summed E-state index contributed by atoms with van der Waals surface area (Å²) in [6, 6.07) is 2.43. The van der Waals surface area contributed by atoms with E-state index in [4.69, 9.17) is 11.6 Å². The van der Waals surface area contributed by atoms with E-state index in [0.29, 0.717) is 11.4 Å². The first-order valence-electron chi connectivity index (χ1n) is 7.59. The van der Waals surface area contributed by atoms with Crippen molar-refractivity contribution >= 4 is 22.6 Å². The SMILES string of the molecule is Cc1nc2c(c(CO)nn2[C@H](C)c2ccc(C(F)(F)F)cc2Cl)c(=O)[nH]1. The quantitative estimate of drug-likeness (QED) is 0.724. The van der Waals surface area contributed by atoms with Crippen LogP contribution in [0, 0.1) is 6.92 Å². The number of aromatic amines is 1. The topological polar surface area (TPSA) is 83.8 Å². The number of halogens is 4. The van der Waals surface area contributed by atoms with Crippen molar-refractivity contribution in [1.82, 2.24) is 19.7 Å². The summed E-state index contributed by atoms with van der Waals surface area (Å²) >= 11 is 6.06. The van der Waals surface area contributed by atoms with Gasteiger partial charge in [0.1, 0.15) is 16.9 Å². The molecule has 0 aliphatic rings. The van der Waals surface area contributed by atoms with Gasteiger partial charge >= 0.3 is 6.18 Å². The number of H-pyrrole nitrogens is 1. The second kappa shape index (κ2) is 6.40. The maximum atomic E-state index is 12.8. The molecular weight excluding hydrogens is 373 g/mol. The highest BCUT2D eigenvalue weighted by Gasteiger charge is 2.31. The summed E-state index contributed by atoms with van der Waals surface area (Å²) in [4.78, 5) is 18.9. The molecule has 3 aromatic rings. The van der Waals surface area contributed by atoms with E-state index < -0.39 is 29.9 Å². The van der Waals surface area contributed by atoms with Crippen LogP contribution in [0.25, 0.3) is 11.0 Å². The van der Waals surface area contributed by atoms with Gasteiger partial charge in [-0.15, -0.1) is 0 Å². The third kappa shape index (κ3) is 3.08. The molecule has 3 rings (SSSR count). The Balaban J connectivity index is 2.17. The Morgan fingerprint density at radius 2 is 2.08 bits per heavy atom. The number of aromatic nitrogens is 4. The van der Waals surface area contributed by atoms with E-state index in [1.54, 1.807) is 13.8 Å². The van der Waals surface area contributed by atoms with Crippen LogP contribution < -0.4 is 5.56 Å². The van der Waals surface area contributed by atoms with E-state index in [2.05, 4.69) is 15.1 Å². The number of aliphatic hydroxyl groups is 1. The number of fused-ring (bicyclic) bond motifs is 1. The number of aliphatic hydroxyl groups excluding tert-OH is 1. The van der Waals surface area contributed by atoms with Gasteiger partial charge < -0.3 is 10.1 Å². The van der Waals surface area contributed by atoms with Crippen molar-refractivity contribution in [1.29, 1.82) is 0 Å². The lowest BCUT2D eigenvalue weighted by Gasteiger charge is -2.16. The molecule has 0 unspecified atom stereocenters. The Labute approximate surface area is 150 Å². The van der Waals surface area contributed by atoms with Crippen molar-refractivity contribution in [3.8, 4) is 0 Å². The van der Waals surface area contributed by atoms with Crippen LogP contribution in [-0.4, -0.2) is 24.9 Å². The molecule has 0 saturated heterocycles. The van der Waals surface area contributed by atoms with Crippen molar-refractivity contribution in [3.63, 3.8) is 0 Å². The molecule has 0 radical (unpaired) electrons. The van der Waals surface area contributed by atoms with E-state index >= 15 is 0 Å². The summed E-state index contributed by atoms with van der Waals surface area (Å²) in [5, 5.41) is 13.7. The molecular formula is C16H14ClF3N4O2.